The summed E-state index contributed by atoms with van der Waals surface area (Å²) in [5.74, 6) is -1.32. The third-order valence-electron chi connectivity index (χ3n) is 6.72. The number of nitrogens with one attached hydrogen (secondary N) is 1. The average Bonchev–Trinajstić information content (AvgIpc) is 2.97. The summed E-state index contributed by atoms with van der Waals surface area (Å²) in [7, 11) is -4.58. The van der Waals surface area contributed by atoms with Crippen molar-refractivity contribution in [1.82, 2.24) is 10.2 Å². The lowest BCUT2D eigenvalue weighted by atomic mass is 10.1. The number of carbonyl (C=O) groups is 2. The van der Waals surface area contributed by atoms with Gasteiger partial charge in [0.2, 0.25) is 11.8 Å². The maximum Gasteiger partial charge on any atom is 0.417 e. The highest BCUT2D eigenvalue weighted by atomic mass is 35.5. The van der Waals surface area contributed by atoms with Crippen LogP contribution in [-0.2, 0) is 32.3 Å². The fourth-order valence-corrected chi connectivity index (χ4v) is 6.51. The van der Waals surface area contributed by atoms with Crippen LogP contribution < -0.4 is 9.62 Å². The zero-order chi connectivity index (χ0) is 32.7. The molecule has 1 atom stereocenters. The van der Waals surface area contributed by atoms with Crippen LogP contribution in [0, 0.1) is 0 Å². The third-order valence-corrected chi connectivity index (χ3v) is 9.43. The number of unbranched alkanes of at least 4 members (excludes halogenated alkanes) is 1. The molecule has 0 saturated heterocycles. The van der Waals surface area contributed by atoms with Crippen LogP contribution in [0.15, 0.2) is 71.6 Å². The molecule has 0 radical (unpaired) electrons. The van der Waals surface area contributed by atoms with E-state index in [0.717, 1.165) is 18.6 Å². The van der Waals surface area contributed by atoms with Crippen LogP contribution in [-0.4, -0.2) is 44.3 Å². The van der Waals surface area contributed by atoms with Gasteiger partial charge in [-0.25, -0.2) is 8.42 Å². The number of hydrogen-bond acceptors (Lipinski definition) is 4. The van der Waals surface area contributed by atoms with E-state index in [-0.39, 0.29) is 22.9 Å². The molecule has 0 fully saturated rings. The molecule has 0 heterocycles. The summed E-state index contributed by atoms with van der Waals surface area (Å²) in [4.78, 5) is 28.3. The number of halogens is 6. The van der Waals surface area contributed by atoms with E-state index in [1.165, 1.54) is 35.2 Å². The standard InChI is InChI=1S/C30H31Cl3F3N3O4S/c1-3-5-15-37-29(41)27(4-2)38(18-20-11-12-21(31)16-26(20)33)28(40)19-39(44(42,43)23-9-7-6-8-10-23)22-13-14-25(32)24(17-22)30(34,35)36/h6-14,16-17,27H,3-5,15,18-19H2,1-2H3,(H,37,41)/t27-/m0/s1. The van der Waals surface area contributed by atoms with E-state index in [4.69, 9.17) is 34.8 Å². The number of nitrogens with zero attached hydrogens (tertiary/aromatic N) is 2. The molecule has 3 aromatic carbocycles. The predicted octanol–water partition coefficient (Wildman–Crippen LogP) is 7.58. The Morgan fingerprint density at radius 1 is 0.932 bits per heavy atom. The van der Waals surface area contributed by atoms with Gasteiger partial charge in [-0.3, -0.25) is 13.9 Å². The van der Waals surface area contributed by atoms with Crippen LogP contribution in [0.5, 0.6) is 0 Å². The third kappa shape index (κ3) is 8.80. The maximum absolute atomic E-state index is 14.1. The first-order valence-corrected chi connectivity index (χ1v) is 16.2. The molecule has 0 unspecified atom stereocenters. The number of benzene rings is 3. The van der Waals surface area contributed by atoms with Gasteiger partial charge in [0.1, 0.15) is 12.6 Å². The molecule has 238 valence electrons. The lowest BCUT2D eigenvalue weighted by Crippen LogP contribution is -2.52. The second-order valence-corrected chi connectivity index (χ2v) is 12.9. The van der Waals surface area contributed by atoms with Crippen molar-refractivity contribution in [1.29, 1.82) is 0 Å². The molecule has 44 heavy (non-hydrogen) atoms. The SMILES string of the molecule is CCCCNC(=O)[C@H](CC)N(Cc1ccc(Cl)cc1Cl)C(=O)CN(c1ccc(Cl)c(C(F)(F)F)c1)S(=O)(=O)c1ccccc1. The number of alkyl halides is 3. The van der Waals surface area contributed by atoms with E-state index in [1.807, 2.05) is 6.92 Å². The van der Waals surface area contributed by atoms with Gasteiger partial charge in [0.25, 0.3) is 10.0 Å². The number of carbonyl (C=O) groups excluding carboxylic acids is 2. The number of amides is 2. The molecule has 0 aliphatic heterocycles. The Labute approximate surface area is 269 Å². The molecule has 0 saturated carbocycles. The Morgan fingerprint density at radius 2 is 1.61 bits per heavy atom. The number of sulfonamides is 1. The Balaban J connectivity index is 2.13. The van der Waals surface area contributed by atoms with Crippen molar-refractivity contribution >= 4 is 62.3 Å². The van der Waals surface area contributed by atoms with Crippen LogP contribution in [0.25, 0.3) is 0 Å². The predicted molar refractivity (Wildman–Crippen MR) is 166 cm³/mol. The highest BCUT2D eigenvalue weighted by molar-refractivity contribution is 7.92. The second kappa shape index (κ2) is 15.3. The van der Waals surface area contributed by atoms with Gasteiger partial charge in [-0.2, -0.15) is 13.2 Å². The summed E-state index contributed by atoms with van der Waals surface area (Å²) < 4.78 is 69.7. The van der Waals surface area contributed by atoms with E-state index < -0.39 is 56.9 Å². The van der Waals surface area contributed by atoms with Gasteiger partial charge >= 0.3 is 6.18 Å². The topological polar surface area (TPSA) is 86.8 Å². The first-order valence-electron chi connectivity index (χ1n) is 13.7. The van der Waals surface area contributed by atoms with Gasteiger partial charge in [0.05, 0.1) is 21.2 Å². The van der Waals surface area contributed by atoms with Crippen LogP contribution in [0.1, 0.15) is 44.2 Å². The Kier molecular flexibility index (Phi) is 12.4. The lowest BCUT2D eigenvalue weighted by molar-refractivity contribution is -0.140. The average molecular weight is 693 g/mol. The van der Waals surface area contributed by atoms with Crippen molar-refractivity contribution in [2.45, 2.75) is 56.8 Å². The maximum atomic E-state index is 14.1. The zero-order valence-corrected chi connectivity index (χ0v) is 27.0. The van der Waals surface area contributed by atoms with Gasteiger partial charge in [0.15, 0.2) is 0 Å². The molecular weight excluding hydrogens is 662 g/mol. The van der Waals surface area contributed by atoms with E-state index in [9.17, 15) is 31.2 Å². The van der Waals surface area contributed by atoms with Crippen LogP contribution in [0.4, 0.5) is 18.9 Å². The van der Waals surface area contributed by atoms with Crippen molar-refractivity contribution in [3.05, 3.63) is 92.9 Å². The largest absolute Gasteiger partial charge is 0.417 e. The molecular formula is C30H31Cl3F3N3O4S. The Bertz CT molecular complexity index is 1570. The Hall–Kier alpha value is -2.99. The van der Waals surface area contributed by atoms with E-state index in [2.05, 4.69) is 5.32 Å². The zero-order valence-electron chi connectivity index (χ0n) is 23.9. The molecule has 2 amide bonds. The summed E-state index contributed by atoms with van der Waals surface area (Å²) >= 11 is 18.2. The summed E-state index contributed by atoms with van der Waals surface area (Å²) in [6.45, 7) is 2.85. The summed E-state index contributed by atoms with van der Waals surface area (Å²) in [6, 6.07) is 13.1. The van der Waals surface area contributed by atoms with Crippen molar-refractivity contribution in [3.8, 4) is 0 Å². The molecule has 0 spiro atoms. The van der Waals surface area contributed by atoms with E-state index >= 15 is 0 Å². The summed E-state index contributed by atoms with van der Waals surface area (Å²) in [5.41, 5.74) is -1.29. The van der Waals surface area contributed by atoms with Crippen LogP contribution >= 0.6 is 34.8 Å². The molecule has 3 aromatic rings. The molecule has 0 aliphatic rings. The first-order chi connectivity index (χ1) is 20.7. The monoisotopic (exact) mass is 691 g/mol. The van der Waals surface area contributed by atoms with Crippen molar-refractivity contribution < 1.29 is 31.2 Å². The molecule has 7 nitrogen and oxygen atoms in total. The first kappa shape index (κ1) is 35.5. The van der Waals surface area contributed by atoms with Crippen molar-refractivity contribution in [2.75, 3.05) is 17.4 Å². The fraction of sp³-hybridized carbons (Fsp3) is 0.333. The number of rotatable bonds is 13. The lowest BCUT2D eigenvalue weighted by Gasteiger charge is -2.33. The van der Waals surface area contributed by atoms with Gasteiger partial charge in [-0.15, -0.1) is 0 Å². The summed E-state index contributed by atoms with van der Waals surface area (Å²) in [5, 5.41) is 2.70. The Morgan fingerprint density at radius 3 is 2.20 bits per heavy atom. The highest BCUT2D eigenvalue weighted by Gasteiger charge is 2.37. The fourth-order valence-electron chi connectivity index (χ4n) is 4.39. The van der Waals surface area contributed by atoms with Gasteiger partial charge in [0, 0.05) is 23.1 Å². The molecule has 0 aliphatic carbocycles. The molecule has 14 heteroatoms. The van der Waals surface area contributed by atoms with Gasteiger partial charge in [-0.1, -0.05) is 79.3 Å². The van der Waals surface area contributed by atoms with Crippen molar-refractivity contribution in [3.63, 3.8) is 0 Å². The minimum absolute atomic E-state index is 0.152. The van der Waals surface area contributed by atoms with Crippen LogP contribution in [0.3, 0.4) is 0 Å². The molecule has 1 N–H and O–H groups in total. The highest BCUT2D eigenvalue weighted by Crippen LogP contribution is 2.38. The number of hydrogen-bond donors (Lipinski definition) is 1. The van der Waals surface area contributed by atoms with Gasteiger partial charge in [-0.05, 0) is 60.9 Å². The minimum Gasteiger partial charge on any atom is -0.354 e. The van der Waals surface area contributed by atoms with Gasteiger partial charge < -0.3 is 10.2 Å². The summed E-state index contributed by atoms with van der Waals surface area (Å²) in [6.07, 6.45) is -3.24. The normalized spacial score (nSPS) is 12.5. The molecule has 0 bridgehead atoms. The number of anilines is 1. The smallest absolute Gasteiger partial charge is 0.354 e. The second-order valence-electron chi connectivity index (χ2n) is 9.81. The van der Waals surface area contributed by atoms with Crippen LogP contribution in [0.2, 0.25) is 15.1 Å². The quantitative estimate of drug-likeness (QED) is 0.187. The minimum atomic E-state index is -4.90. The molecule has 3 rings (SSSR count). The van der Waals surface area contributed by atoms with E-state index in [0.29, 0.717) is 33.9 Å². The van der Waals surface area contributed by atoms with E-state index in [1.54, 1.807) is 25.1 Å². The molecule has 0 aromatic heterocycles. The van der Waals surface area contributed by atoms with Crippen molar-refractivity contribution in [2.24, 2.45) is 0 Å².